The molecule has 1 aliphatic carbocycles. The number of likely N-dealkylation sites (N-methyl/N-ethyl adjacent to an activating group) is 1. The van der Waals surface area contributed by atoms with Crippen LogP contribution in [0.25, 0.3) is 0 Å². The van der Waals surface area contributed by atoms with E-state index in [0.717, 1.165) is 19.3 Å². The molecule has 0 spiro atoms. The highest BCUT2D eigenvalue weighted by molar-refractivity contribution is 5.91. The molecule has 0 aliphatic heterocycles. The molecule has 0 saturated carbocycles. The van der Waals surface area contributed by atoms with Crippen LogP contribution >= 0.6 is 0 Å². The lowest BCUT2D eigenvalue weighted by molar-refractivity contribution is -0.905. The van der Waals surface area contributed by atoms with Gasteiger partial charge in [0.1, 0.15) is 11.9 Å². The number of carbonyl (C=O) groups is 1. The lowest BCUT2D eigenvalue weighted by atomic mass is 9.87. The average Bonchev–Trinajstić information content (AvgIpc) is 2.57. The molecule has 4 heteroatoms. The fraction of sp³-hybridized carbons (Fsp3) is 0.350. The number of anilines is 1. The van der Waals surface area contributed by atoms with Crippen molar-refractivity contribution in [2.45, 2.75) is 32.2 Å². The van der Waals surface area contributed by atoms with Crippen LogP contribution in [0.5, 0.6) is 0 Å². The molecule has 3 nitrogen and oxygen atoms in total. The van der Waals surface area contributed by atoms with Gasteiger partial charge in [0.2, 0.25) is 0 Å². The van der Waals surface area contributed by atoms with Gasteiger partial charge in [-0.1, -0.05) is 30.3 Å². The van der Waals surface area contributed by atoms with E-state index < -0.39 is 0 Å². The van der Waals surface area contributed by atoms with Crippen molar-refractivity contribution in [2.75, 3.05) is 18.9 Å². The molecule has 24 heavy (non-hydrogen) atoms. The van der Waals surface area contributed by atoms with Crippen molar-refractivity contribution in [1.29, 1.82) is 0 Å². The number of carbonyl (C=O) groups excluding carboxylic acids is 1. The van der Waals surface area contributed by atoms with Crippen LogP contribution in [0.2, 0.25) is 0 Å². The SMILES string of the molecule is Cc1ccc(NC(=O)C[NH+](C)[C@@H]2CCCc3ccccc32)cc1F. The predicted octanol–water partition coefficient (Wildman–Crippen LogP) is 2.66. The van der Waals surface area contributed by atoms with Crippen LogP contribution in [-0.2, 0) is 11.2 Å². The van der Waals surface area contributed by atoms with Crippen molar-refractivity contribution in [3.63, 3.8) is 0 Å². The molecule has 0 heterocycles. The van der Waals surface area contributed by atoms with Crippen molar-refractivity contribution in [2.24, 2.45) is 0 Å². The van der Waals surface area contributed by atoms with Gasteiger partial charge in [0.25, 0.3) is 5.91 Å². The van der Waals surface area contributed by atoms with Gasteiger partial charge in [0.15, 0.2) is 6.54 Å². The molecule has 0 fully saturated rings. The Labute approximate surface area is 142 Å². The Bertz CT molecular complexity index is 744. The van der Waals surface area contributed by atoms with Crippen LogP contribution in [0.15, 0.2) is 42.5 Å². The van der Waals surface area contributed by atoms with Crippen molar-refractivity contribution in [1.82, 2.24) is 0 Å². The fourth-order valence-electron chi connectivity index (χ4n) is 3.52. The number of hydrogen-bond donors (Lipinski definition) is 2. The number of quaternary nitrogens is 1. The Morgan fingerprint density at radius 2 is 2.08 bits per heavy atom. The highest BCUT2D eigenvalue weighted by Crippen LogP contribution is 2.27. The fourth-order valence-corrected chi connectivity index (χ4v) is 3.52. The number of amides is 1. The van der Waals surface area contributed by atoms with E-state index in [-0.39, 0.29) is 11.7 Å². The predicted molar refractivity (Wildman–Crippen MR) is 93.6 cm³/mol. The second-order valence-electron chi connectivity index (χ2n) is 6.68. The maximum absolute atomic E-state index is 13.6. The molecule has 2 aromatic rings. The van der Waals surface area contributed by atoms with Gasteiger partial charge in [-0.2, -0.15) is 0 Å². The number of nitrogens with one attached hydrogen (secondary N) is 2. The summed E-state index contributed by atoms with van der Waals surface area (Å²) in [6.45, 7) is 2.08. The summed E-state index contributed by atoms with van der Waals surface area (Å²) in [6, 6.07) is 13.6. The van der Waals surface area contributed by atoms with Crippen LogP contribution in [0, 0.1) is 12.7 Å². The Kier molecular flexibility index (Phi) is 4.95. The third kappa shape index (κ3) is 3.65. The molecule has 2 atom stereocenters. The highest BCUT2D eigenvalue weighted by atomic mass is 19.1. The molecule has 1 amide bonds. The first-order valence-electron chi connectivity index (χ1n) is 8.50. The summed E-state index contributed by atoms with van der Waals surface area (Å²) in [5.41, 5.74) is 3.85. The average molecular weight is 327 g/mol. The van der Waals surface area contributed by atoms with E-state index in [0.29, 0.717) is 23.8 Å². The minimum atomic E-state index is -0.297. The van der Waals surface area contributed by atoms with Gasteiger partial charge >= 0.3 is 0 Å². The minimum Gasteiger partial charge on any atom is -0.323 e. The van der Waals surface area contributed by atoms with Gasteiger partial charge in [-0.3, -0.25) is 4.79 Å². The number of aryl methyl sites for hydroxylation is 2. The largest absolute Gasteiger partial charge is 0.323 e. The molecule has 0 aromatic heterocycles. The smallest absolute Gasteiger partial charge is 0.279 e. The highest BCUT2D eigenvalue weighted by Gasteiger charge is 2.27. The molecular formula is C20H24FN2O+. The van der Waals surface area contributed by atoms with Crippen LogP contribution in [0.3, 0.4) is 0 Å². The Hall–Kier alpha value is -2.20. The zero-order valence-electron chi connectivity index (χ0n) is 14.2. The molecule has 0 saturated heterocycles. The Morgan fingerprint density at radius 1 is 1.29 bits per heavy atom. The molecule has 3 rings (SSSR count). The zero-order chi connectivity index (χ0) is 17.1. The van der Waals surface area contributed by atoms with E-state index in [1.165, 1.54) is 22.1 Å². The Balaban J connectivity index is 1.65. The van der Waals surface area contributed by atoms with E-state index in [1.807, 2.05) is 0 Å². The van der Waals surface area contributed by atoms with Crippen LogP contribution in [-0.4, -0.2) is 19.5 Å². The molecule has 126 valence electrons. The zero-order valence-corrected chi connectivity index (χ0v) is 14.2. The van der Waals surface area contributed by atoms with E-state index in [2.05, 4.69) is 36.6 Å². The van der Waals surface area contributed by atoms with Crippen molar-refractivity contribution in [3.8, 4) is 0 Å². The summed E-state index contributed by atoms with van der Waals surface area (Å²) in [4.78, 5) is 13.5. The number of halogens is 1. The van der Waals surface area contributed by atoms with E-state index in [9.17, 15) is 9.18 Å². The molecule has 1 unspecified atom stereocenters. The molecule has 2 aromatic carbocycles. The maximum Gasteiger partial charge on any atom is 0.279 e. The van der Waals surface area contributed by atoms with Crippen LogP contribution in [0.4, 0.5) is 10.1 Å². The van der Waals surface area contributed by atoms with Gasteiger partial charge in [-0.05, 0) is 43.0 Å². The monoisotopic (exact) mass is 327 g/mol. The molecular weight excluding hydrogens is 303 g/mol. The van der Waals surface area contributed by atoms with Crippen molar-refractivity contribution in [3.05, 3.63) is 65.0 Å². The number of fused-ring (bicyclic) bond motifs is 1. The van der Waals surface area contributed by atoms with Gasteiger partial charge in [-0.15, -0.1) is 0 Å². The number of rotatable bonds is 4. The van der Waals surface area contributed by atoms with Gasteiger partial charge < -0.3 is 10.2 Å². The molecule has 1 aliphatic rings. The van der Waals surface area contributed by atoms with E-state index >= 15 is 0 Å². The van der Waals surface area contributed by atoms with Crippen LogP contribution < -0.4 is 10.2 Å². The summed E-state index contributed by atoms with van der Waals surface area (Å²) >= 11 is 0. The molecule has 0 radical (unpaired) electrons. The van der Waals surface area contributed by atoms with Gasteiger partial charge in [0, 0.05) is 17.7 Å². The normalized spacial score (nSPS) is 17.9. The number of hydrogen-bond acceptors (Lipinski definition) is 1. The first-order chi connectivity index (χ1) is 11.5. The summed E-state index contributed by atoms with van der Waals surface area (Å²) in [6.07, 6.45) is 3.37. The second-order valence-corrected chi connectivity index (χ2v) is 6.68. The lowest BCUT2D eigenvalue weighted by Crippen LogP contribution is -3.10. The van der Waals surface area contributed by atoms with E-state index in [1.54, 1.807) is 19.1 Å². The third-order valence-corrected chi connectivity index (χ3v) is 4.86. The topological polar surface area (TPSA) is 33.5 Å². The van der Waals surface area contributed by atoms with Crippen molar-refractivity contribution >= 4 is 11.6 Å². The Morgan fingerprint density at radius 3 is 2.88 bits per heavy atom. The summed E-state index contributed by atoms with van der Waals surface area (Å²) in [7, 11) is 2.06. The molecule has 0 bridgehead atoms. The summed E-state index contributed by atoms with van der Waals surface area (Å²) in [5.74, 6) is -0.381. The first kappa shape index (κ1) is 16.7. The lowest BCUT2D eigenvalue weighted by Gasteiger charge is -2.30. The van der Waals surface area contributed by atoms with E-state index in [4.69, 9.17) is 0 Å². The first-order valence-corrected chi connectivity index (χ1v) is 8.50. The van der Waals surface area contributed by atoms with Gasteiger partial charge in [-0.25, -0.2) is 4.39 Å². The number of benzene rings is 2. The molecule has 2 N–H and O–H groups in total. The standard InChI is InChI=1S/C20H23FN2O/c1-14-10-11-16(12-18(14)21)22-20(24)13-23(2)19-9-5-7-15-6-3-4-8-17(15)19/h3-4,6,8,10-12,19H,5,7,9,13H2,1-2H3,(H,22,24)/p+1/t19-/m1/s1. The summed E-state index contributed by atoms with van der Waals surface area (Å²) in [5, 5.41) is 2.80. The minimum absolute atomic E-state index is 0.0844. The summed E-state index contributed by atoms with van der Waals surface area (Å²) < 4.78 is 13.6. The second kappa shape index (κ2) is 7.14. The maximum atomic E-state index is 13.6. The van der Waals surface area contributed by atoms with Crippen molar-refractivity contribution < 1.29 is 14.1 Å². The van der Waals surface area contributed by atoms with Gasteiger partial charge in [0.05, 0.1) is 7.05 Å². The quantitative estimate of drug-likeness (QED) is 0.889. The van der Waals surface area contributed by atoms with Crippen LogP contribution in [0.1, 0.15) is 35.6 Å². The third-order valence-electron chi connectivity index (χ3n) is 4.86.